The zero-order chi connectivity index (χ0) is 14.7. The van der Waals surface area contributed by atoms with Crippen LogP contribution in [0.2, 0.25) is 0 Å². The van der Waals surface area contributed by atoms with Crippen molar-refractivity contribution in [3.05, 3.63) is 48.2 Å². The third-order valence-corrected chi connectivity index (χ3v) is 4.69. The van der Waals surface area contributed by atoms with E-state index in [9.17, 15) is 8.42 Å². The Morgan fingerprint density at radius 1 is 1.14 bits per heavy atom. The molecular formula is C14H16N4O2S. The summed E-state index contributed by atoms with van der Waals surface area (Å²) in [5, 5.41) is 10.7. The molecule has 110 valence electrons. The lowest BCUT2D eigenvalue weighted by Gasteiger charge is -2.12. The molecule has 0 bridgehead atoms. The van der Waals surface area contributed by atoms with Crippen molar-refractivity contribution in [1.82, 2.24) is 15.5 Å². The number of nitrogens with zero attached hydrogens (tertiary/aromatic N) is 2. The summed E-state index contributed by atoms with van der Waals surface area (Å²) in [5.41, 5.74) is 0.751. The summed E-state index contributed by atoms with van der Waals surface area (Å²) in [5.74, 6) is 0.211. The smallest absolute Gasteiger partial charge is 0.263 e. The van der Waals surface area contributed by atoms with Crippen molar-refractivity contribution in [3.8, 4) is 0 Å². The van der Waals surface area contributed by atoms with Crippen LogP contribution in [0, 0.1) is 0 Å². The van der Waals surface area contributed by atoms with Crippen LogP contribution in [-0.2, 0) is 16.6 Å². The minimum atomic E-state index is -3.66. The second-order valence-electron chi connectivity index (χ2n) is 4.98. The van der Waals surface area contributed by atoms with Gasteiger partial charge in [-0.3, -0.25) is 4.72 Å². The third-order valence-electron chi connectivity index (χ3n) is 3.23. The van der Waals surface area contributed by atoms with Crippen molar-refractivity contribution >= 4 is 15.8 Å². The molecule has 0 spiro atoms. The van der Waals surface area contributed by atoms with Crippen LogP contribution in [0.3, 0.4) is 0 Å². The fraction of sp³-hybridized carbons (Fsp3) is 0.286. The predicted molar refractivity (Wildman–Crippen MR) is 79.1 cm³/mol. The summed E-state index contributed by atoms with van der Waals surface area (Å²) in [6, 6.07) is 10.7. The van der Waals surface area contributed by atoms with E-state index in [1.165, 1.54) is 6.20 Å². The van der Waals surface area contributed by atoms with E-state index in [2.05, 4.69) is 20.2 Å². The van der Waals surface area contributed by atoms with Crippen LogP contribution in [0.1, 0.15) is 18.4 Å². The molecular weight excluding hydrogens is 288 g/mol. The molecule has 0 radical (unpaired) electrons. The SMILES string of the molecule is O=S(=O)(Nc1cccnn1)c1ccccc1CNC1CC1. The molecule has 2 N–H and O–H groups in total. The number of hydrogen-bond donors (Lipinski definition) is 2. The summed E-state index contributed by atoms with van der Waals surface area (Å²) in [4.78, 5) is 0.267. The molecule has 2 aromatic rings. The second-order valence-corrected chi connectivity index (χ2v) is 6.63. The maximum atomic E-state index is 12.5. The van der Waals surface area contributed by atoms with Crippen LogP contribution in [0.4, 0.5) is 5.82 Å². The van der Waals surface area contributed by atoms with Gasteiger partial charge in [-0.25, -0.2) is 8.42 Å². The van der Waals surface area contributed by atoms with Gasteiger partial charge in [-0.1, -0.05) is 18.2 Å². The first-order valence-corrected chi connectivity index (χ1v) is 8.25. The van der Waals surface area contributed by atoms with Gasteiger partial charge in [0, 0.05) is 18.8 Å². The van der Waals surface area contributed by atoms with E-state index in [0.29, 0.717) is 12.6 Å². The highest BCUT2D eigenvalue weighted by Gasteiger charge is 2.23. The Kier molecular flexibility index (Phi) is 3.85. The second kappa shape index (κ2) is 5.79. The van der Waals surface area contributed by atoms with Gasteiger partial charge in [-0.05, 0) is 36.6 Å². The summed E-state index contributed by atoms with van der Waals surface area (Å²) >= 11 is 0. The predicted octanol–water partition coefficient (Wildman–Crippen LogP) is 1.53. The Balaban J connectivity index is 1.83. The topological polar surface area (TPSA) is 84.0 Å². The Morgan fingerprint density at radius 2 is 1.95 bits per heavy atom. The van der Waals surface area contributed by atoms with Gasteiger partial charge in [0.15, 0.2) is 5.82 Å². The number of benzene rings is 1. The molecule has 1 aliphatic carbocycles. The molecule has 1 fully saturated rings. The van der Waals surface area contributed by atoms with Crippen molar-refractivity contribution in [1.29, 1.82) is 0 Å². The molecule has 0 unspecified atom stereocenters. The van der Waals surface area contributed by atoms with Crippen LogP contribution >= 0.6 is 0 Å². The van der Waals surface area contributed by atoms with E-state index in [1.54, 1.807) is 24.3 Å². The molecule has 1 heterocycles. The molecule has 1 aromatic heterocycles. The van der Waals surface area contributed by atoms with Crippen LogP contribution in [-0.4, -0.2) is 24.7 Å². The highest BCUT2D eigenvalue weighted by atomic mass is 32.2. The molecule has 6 nitrogen and oxygen atoms in total. The van der Waals surface area contributed by atoms with Gasteiger partial charge in [0.05, 0.1) is 4.90 Å². The summed E-state index contributed by atoms with van der Waals surface area (Å²) < 4.78 is 27.4. The zero-order valence-corrected chi connectivity index (χ0v) is 12.2. The summed E-state index contributed by atoms with van der Waals surface area (Å²) in [6.07, 6.45) is 3.81. The fourth-order valence-corrected chi connectivity index (χ4v) is 3.24. The number of rotatable bonds is 6. The molecule has 7 heteroatoms. The van der Waals surface area contributed by atoms with Gasteiger partial charge in [-0.15, -0.1) is 5.10 Å². The standard InChI is InChI=1S/C14H16N4O2S/c19-21(20,18-14-6-3-9-16-17-14)13-5-2-1-4-11(13)10-15-12-7-8-12/h1-6,9,12,15H,7-8,10H2,(H,17,18). The summed E-state index contributed by atoms with van der Waals surface area (Å²) in [7, 11) is -3.66. The van der Waals surface area contributed by atoms with Crippen molar-refractivity contribution in [3.63, 3.8) is 0 Å². The van der Waals surface area contributed by atoms with Crippen LogP contribution in [0.5, 0.6) is 0 Å². The molecule has 0 atom stereocenters. The lowest BCUT2D eigenvalue weighted by atomic mass is 10.2. The van der Waals surface area contributed by atoms with Gasteiger partial charge in [0.1, 0.15) is 0 Å². The maximum Gasteiger partial charge on any atom is 0.263 e. The monoisotopic (exact) mass is 304 g/mol. The third kappa shape index (κ3) is 3.56. The molecule has 1 saturated carbocycles. The van der Waals surface area contributed by atoms with Gasteiger partial charge >= 0.3 is 0 Å². The van der Waals surface area contributed by atoms with E-state index in [-0.39, 0.29) is 10.7 Å². The number of aromatic nitrogens is 2. The van der Waals surface area contributed by atoms with Gasteiger partial charge in [0.2, 0.25) is 0 Å². The van der Waals surface area contributed by atoms with E-state index < -0.39 is 10.0 Å². The van der Waals surface area contributed by atoms with Crippen molar-refractivity contribution in [2.24, 2.45) is 0 Å². The van der Waals surface area contributed by atoms with Crippen LogP contribution in [0.25, 0.3) is 0 Å². The van der Waals surface area contributed by atoms with E-state index in [4.69, 9.17) is 0 Å². The molecule has 21 heavy (non-hydrogen) atoms. The average molecular weight is 304 g/mol. The molecule has 1 aliphatic rings. The maximum absolute atomic E-state index is 12.5. The van der Waals surface area contributed by atoms with Crippen molar-refractivity contribution in [2.45, 2.75) is 30.3 Å². The largest absolute Gasteiger partial charge is 0.310 e. The Labute approximate surface area is 123 Å². The number of hydrogen-bond acceptors (Lipinski definition) is 5. The summed E-state index contributed by atoms with van der Waals surface area (Å²) in [6.45, 7) is 0.544. The normalized spacial score (nSPS) is 14.9. The molecule has 0 amide bonds. The molecule has 3 rings (SSSR count). The van der Waals surface area contributed by atoms with E-state index in [0.717, 1.165) is 18.4 Å². The lowest BCUT2D eigenvalue weighted by molar-refractivity contribution is 0.597. The molecule has 0 aliphatic heterocycles. The first-order chi connectivity index (χ1) is 10.1. The highest BCUT2D eigenvalue weighted by Crippen LogP contribution is 2.22. The van der Waals surface area contributed by atoms with Gasteiger partial charge in [-0.2, -0.15) is 5.10 Å². The average Bonchev–Trinajstić information content (AvgIpc) is 3.30. The first kappa shape index (κ1) is 14.0. The minimum absolute atomic E-state index is 0.211. The van der Waals surface area contributed by atoms with Gasteiger partial charge in [0.25, 0.3) is 10.0 Å². The van der Waals surface area contributed by atoms with E-state index >= 15 is 0 Å². The van der Waals surface area contributed by atoms with E-state index in [1.807, 2.05) is 12.1 Å². The van der Waals surface area contributed by atoms with Crippen molar-refractivity contribution in [2.75, 3.05) is 4.72 Å². The number of nitrogens with one attached hydrogen (secondary N) is 2. The Hall–Kier alpha value is -1.99. The molecule has 0 saturated heterocycles. The number of anilines is 1. The number of sulfonamides is 1. The van der Waals surface area contributed by atoms with Crippen LogP contribution < -0.4 is 10.0 Å². The highest BCUT2D eigenvalue weighted by molar-refractivity contribution is 7.92. The first-order valence-electron chi connectivity index (χ1n) is 6.77. The Morgan fingerprint density at radius 3 is 2.67 bits per heavy atom. The van der Waals surface area contributed by atoms with Gasteiger partial charge < -0.3 is 5.32 Å². The van der Waals surface area contributed by atoms with Crippen LogP contribution in [0.15, 0.2) is 47.5 Å². The Bertz CT molecular complexity index is 715. The fourth-order valence-electron chi connectivity index (χ4n) is 2.00. The zero-order valence-electron chi connectivity index (χ0n) is 11.4. The molecule has 1 aromatic carbocycles. The van der Waals surface area contributed by atoms with Crippen molar-refractivity contribution < 1.29 is 8.42 Å². The lowest BCUT2D eigenvalue weighted by Crippen LogP contribution is -2.20. The minimum Gasteiger partial charge on any atom is -0.310 e. The quantitative estimate of drug-likeness (QED) is 0.845.